The molecule has 5 heteroatoms. The third-order valence-electron chi connectivity index (χ3n) is 3.53. The highest BCUT2D eigenvalue weighted by Gasteiger charge is 2.14. The van der Waals surface area contributed by atoms with E-state index in [4.69, 9.17) is 0 Å². The molecule has 0 saturated heterocycles. The lowest BCUT2D eigenvalue weighted by Crippen LogP contribution is -2.32. The van der Waals surface area contributed by atoms with E-state index in [9.17, 15) is 9.59 Å². The Balaban J connectivity index is 1.89. The molecule has 0 fully saturated rings. The number of halogens is 1. The lowest BCUT2D eigenvalue weighted by atomic mass is 9.87. The van der Waals surface area contributed by atoms with Gasteiger partial charge >= 0.3 is 0 Å². The molecule has 0 heterocycles. The molecule has 4 nitrogen and oxygen atoms in total. The van der Waals surface area contributed by atoms with Crippen molar-refractivity contribution in [1.29, 1.82) is 0 Å². The van der Waals surface area contributed by atoms with Crippen LogP contribution in [-0.2, 0) is 10.2 Å². The van der Waals surface area contributed by atoms with Gasteiger partial charge in [-0.05, 0) is 41.3 Å². The van der Waals surface area contributed by atoms with Crippen molar-refractivity contribution in [2.45, 2.75) is 26.2 Å². The van der Waals surface area contributed by atoms with E-state index in [-0.39, 0.29) is 23.8 Å². The molecule has 0 atom stereocenters. The van der Waals surface area contributed by atoms with Gasteiger partial charge < -0.3 is 10.6 Å². The molecule has 0 unspecified atom stereocenters. The number of carbonyl (C=O) groups excluding carboxylic acids is 2. The van der Waals surface area contributed by atoms with Crippen molar-refractivity contribution < 1.29 is 9.59 Å². The molecular weight excluding hydrogens is 368 g/mol. The zero-order chi connectivity index (χ0) is 17.7. The second-order valence-electron chi connectivity index (χ2n) is 6.57. The summed E-state index contributed by atoms with van der Waals surface area (Å²) >= 11 is 3.34. The molecule has 0 aliphatic carbocycles. The first-order valence-corrected chi connectivity index (χ1v) is 8.49. The van der Waals surface area contributed by atoms with E-state index in [0.29, 0.717) is 11.3 Å². The third-order valence-corrected chi connectivity index (χ3v) is 4.02. The lowest BCUT2D eigenvalue weighted by molar-refractivity contribution is -0.115. The monoisotopic (exact) mass is 388 g/mol. The minimum Gasteiger partial charge on any atom is -0.343 e. The van der Waals surface area contributed by atoms with Crippen molar-refractivity contribution >= 4 is 33.4 Å². The smallest absolute Gasteiger partial charge is 0.251 e. The van der Waals surface area contributed by atoms with E-state index < -0.39 is 0 Å². The normalized spacial score (nSPS) is 11.0. The molecule has 24 heavy (non-hydrogen) atoms. The van der Waals surface area contributed by atoms with Gasteiger partial charge in [0.05, 0.1) is 6.54 Å². The van der Waals surface area contributed by atoms with Crippen LogP contribution in [-0.4, -0.2) is 18.4 Å². The van der Waals surface area contributed by atoms with E-state index in [1.165, 1.54) is 0 Å². The minimum absolute atomic E-state index is 0.0405. The van der Waals surface area contributed by atoms with E-state index >= 15 is 0 Å². The third kappa shape index (κ3) is 5.20. The van der Waals surface area contributed by atoms with Crippen molar-refractivity contribution in [2.75, 3.05) is 11.9 Å². The molecule has 0 saturated carbocycles. The fraction of sp³-hybridized carbons (Fsp3) is 0.263. The molecule has 0 radical (unpaired) electrons. The standard InChI is InChI=1S/C19H21BrN2O2/c1-19(2,3)14-9-7-13(8-10-14)18(24)21-12-17(23)22-16-6-4-5-15(20)11-16/h4-11H,12H2,1-3H3,(H,21,24)(H,22,23). The lowest BCUT2D eigenvalue weighted by Gasteiger charge is -2.19. The molecule has 0 aromatic heterocycles. The average molecular weight is 389 g/mol. The first kappa shape index (κ1) is 18.2. The van der Waals surface area contributed by atoms with Crippen molar-refractivity contribution in [2.24, 2.45) is 0 Å². The zero-order valence-corrected chi connectivity index (χ0v) is 15.6. The second kappa shape index (κ2) is 7.62. The van der Waals surface area contributed by atoms with Crippen LogP contribution in [0.25, 0.3) is 0 Å². The Labute approximate surface area is 150 Å². The Bertz CT molecular complexity index is 734. The number of nitrogens with one attached hydrogen (secondary N) is 2. The highest BCUT2D eigenvalue weighted by Crippen LogP contribution is 2.22. The summed E-state index contributed by atoms with van der Waals surface area (Å²) in [6.07, 6.45) is 0. The number of amides is 2. The molecule has 0 aliphatic rings. The fourth-order valence-electron chi connectivity index (χ4n) is 2.16. The van der Waals surface area contributed by atoms with Crippen LogP contribution < -0.4 is 10.6 Å². The fourth-order valence-corrected chi connectivity index (χ4v) is 2.55. The summed E-state index contributed by atoms with van der Waals surface area (Å²) < 4.78 is 0.878. The summed E-state index contributed by atoms with van der Waals surface area (Å²) in [4.78, 5) is 24.0. The maximum atomic E-state index is 12.1. The Morgan fingerprint density at radius 1 is 1.04 bits per heavy atom. The van der Waals surface area contributed by atoms with Crippen LogP contribution in [0.5, 0.6) is 0 Å². The number of rotatable bonds is 4. The molecule has 2 aromatic carbocycles. The summed E-state index contributed by atoms with van der Waals surface area (Å²) in [6, 6.07) is 14.7. The minimum atomic E-state index is -0.271. The Kier molecular flexibility index (Phi) is 5.78. The molecule has 2 amide bonds. The van der Waals surface area contributed by atoms with Gasteiger partial charge in [-0.1, -0.05) is 54.9 Å². The largest absolute Gasteiger partial charge is 0.343 e. The first-order valence-electron chi connectivity index (χ1n) is 7.70. The number of carbonyl (C=O) groups is 2. The van der Waals surface area contributed by atoms with Gasteiger partial charge in [-0.15, -0.1) is 0 Å². The van der Waals surface area contributed by atoms with Crippen LogP contribution in [0.4, 0.5) is 5.69 Å². The maximum Gasteiger partial charge on any atom is 0.251 e. The molecule has 2 rings (SSSR count). The van der Waals surface area contributed by atoms with Gasteiger partial charge in [-0.2, -0.15) is 0 Å². The van der Waals surface area contributed by atoms with Gasteiger partial charge in [0.25, 0.3) is 5.91 Å². The molecule has 0 spiro atoms. The number of hydrogen-bond acceptors (Lipinski definition) is 2. The van der Waals surface area contributed by atoms with Crippen LogP contribution >= 0.6 is 15.9 Å². The molecule has 2 aromatic rings. The Morgan fingerprint density at radius 3 is 2.29 bits per heavy atom. The van der Waals surface area contributed by atoms with E-state index in [2.05, 4.69) is 47.3 Å². The first-order chi connectivity index (χ1) is 11.3. The van der Waals surface area contributed by atoms with E-state index in [1.54, 1.807) is 24.3 Å². The number of benzene rings is 2. The van der Waals surface area contributed by atoms with Gasteiger partial charge in [0, 0.05) is 15.7 Å². The quantitative estimate of drug-likeness (QED) is 0.827. The van der Waals surface area contributed by atoms with E-state index in [1.807, 2.05) is 24.3 Å². The summed E-state index contributed by atoms with van der Waals surface area (Å²) in [5.41, 5.74) is 2.42. The van der Waals surface area contributed by atoms with Crippen LogP contribution in [0.2, 0.25) is 0 Å². The number of hydrogen-bond donors (Lipinski definition) is 2. The summed E-state index contributed by atoms with van der Waals surface area (Å²) in [5, 5.41) is 5.36. The average Bonchev–Trinajstić information content (AvgIpc) is 2.52. The molecule has 0 bridgehead atoms. The molecule has 2 N–H and O–H groups in total. The van der Waals surface area contributed by atoms with Gasteiger partial charge in [-0.3, -0.25) is 9.59 Å². The highest BCUT2D eigenvalue weighted by molar-refractivity contribution is 9.10. The highest BCUT2D eigenvalue weighted by atomic mass is 79.9. The van der Waals surface area contributed by atoms with Gasteiger partial charge in [-0.25, -0.2) is 0 Å². The molecule has 126 valence electrons. The zero-order valence-electron chi connectivity index (χ0n) is 14.0. The van der Waals surface area contributed by atoms with Crippen LogP contribution in [0.1, 0.15) is 36.7 Å². The molecule has 0 aliphatic heterocycles. The van der Waals surface area contributed by atoms with Crippen molar-refractivity contribution in [3.8, 4) is 0 Å². The predicted octanol–water partition coefficient (Wildman–Crippen LogP) is 4.12. The van der Waals surface area contributed by atoms with Crippen molar-refractivity contribution in [1.82, 2.24) is 5.32 Å². The van der Waals surface area contributed by atoms with Gasteiger partial charge in [0.2, 0.25) is 5.91 Å². The SMILES string of the molecule is CC(C)(C)c1ccc(C(=O)NCC(=O)Nc2cccc(Br)c2)cc1. The van der Waals surface area contributed by atoms with Crippen LogP contribution in [0.3, 0.4) is 0 Å². The predicted molar refractivity (Wildman–Crippen MR) is 100 cm³/mol. The Hall–Kier alpha value is -2.14. The molecular formula is C19H21BrN2O2. The summed E-state index contributed by atoms with van der Waals surface area (Å²) in [5.74, 6) is -0.535. The van der Waals surface area contributed by atoms with Gasteiger partial charge in [0.15, 0.2) is 0 Å². The Morgan fingerprint density at radius 2 is 1.71 bits per heavy atom. The second-order valence-corrected chi connectivity index (χ2v) is 7.48. The topological polar surface area (TPSA) is 58.2 Å². The van der Waals surface area contributed by atoms with Crippen LogP contribution in [0, 0.1) is 0 Å². The maximum absolute atomic E-state index is 12.1. The van der Waals surface area contributed by atoms with Crippen LogP contribution in [0.15, 0.2) is 53.0 Å². The van der Waals surface area contributed by atoms with Gasteiger partial charge in [0.1, 0.15) is 0 Å². The summed E-state index contributed by atoms with van der Waals surface area (Å²) in [6.45, 7) is 6.28. The summed E-state index contributed by atoms with van der Waals surface area (Å²) in [7, 11) is 0. The number of anilines is 1. The van der Waals surface area contributed by atoms with E-state index in [0.717, 1.165) is 10.0 Å². The van der Waals surface area contributed by atoms with Crippen molar-refractivity contribution in [3.05, 3.63) is 64.1 Å². The van der Waals surface area contributed by atoms with Crippen molar-refractivity contribution in [3.63, 3.8) is 0 Å².